The fourth-order valence-corrected chi connectivity index (χ4v) is 2.48. The van der Waals surface area contributed by atoms with Crippen molar-refractivity contribution in [1.82, 2.24) is 14.7 Å². The van der Waals surface area contributed by atoms with Crippen LogP contribution in [0.3, 0.4) is 0 Å². The zero-order valence-electron chi connectivity index (χ0n) is 9.97. The summed E-state index contributed by atoms with van der Waals surface area (Å²) in [5.74, 6) is 0. The first-order valence-corrected chi connectivity index (χ1v) is 6.06. The highest BCUT2D eigenvalue weighted by molar-refractivity contribution is 4.86. The van der Waals surface area contributed by atoms with Crippen molar-refractivity contribution < 1.29 is 5.11 Å². The van der Waals surface area contributed by atoms with Crippen LogP contribution in [0.25, 0.3) is 0 Å². The lowest BCUT2D eigenvalue weighted by atomic mass is 10.0. The molecule has 0 aliphatic heterocycles. The van der Waals surface area contributed by atoms with Crippen molar-refractivity contribution in [1.29, 1.82) is 0 Å². The molecule has 1 aromatic rings. The zero-order valence-corrected chi connectivity index (χ0v) is 9.97. The molecule has 0 atom stereocenters. The van der Waals surface area contributed by atoms with Gasteiger partial charge in [0.2, 0.25) is 0 Å². The van der Waals surface area contributed by atoms with Crippen molar-refractivity contribution in [3.63, 3.8) is 0 Å². The van der Waals surface area contributed by atoms with Crippen LogP contribution in [0.5, 0.6) is 0 Å². The lowest BCUT2D eigenvalue weighted by Crippen LogP contribution is -2.40. The van der Waals surface area contributed by atoms with Crippen LogP contribution in [0, 0.1) is 0 Å². The van der Waals surface area contributed by atoms with Crippen LogP contribution in [0.4, 0.5) is 0 Å². The first kappa shape index (κ1) is 11.6. The van der Waals surface area contributed by atoms with Gasteiger partial charge < -0.3 is 10.0 Å². The summed E-state index contributed by atoms with van der Waals surface area (Å²) < 4.78 is 1.93. The highest BCUT2D eigenvalue weighted by Crippen LogP contribution is 2.29. The molecular formula is C12H21N3O. The average molecular weight is 223 g/mol. The predicted molar refractivity (Wildman–Crippen MR) is 63.1 cm³/mol. The molecule has 1 heterocycles. The Bertz CT molecular complexity index is 304. The monoisotopic (exact) mass is 223 g/mol. The second-order valence-electron chi connectivity index (χ2n) is 4.94. The summed E-state index contributed by atoms with van der Waals surface area (Å²) in [6.45, 7) is 2.61. The maximum atomic E-state index is 10.3. The molecule has 0 unspecified atom stereocenters. The number of nitrogens with zero attached hydrogens (tertiary/aromatic N) is 3. The van der Waals surface area contributed by atoms with Gasteiger partial charge in [0.25, 0.3) is 0 Å². The Morgan fingerprint density at radius 2 is 2.19 bits per heavy atom. The van der Waals surface area contributed by atoms with E-state index in [-0.39, 0.29) is 0 Å². The van der Waals surface area contributed by atoms with Crippen LogP contribution < -0.4 is 0 Å². The Balaban J connectivity index is 1.73. The predicted octanol–water partition coefficient (Wildman–Crippen LogP) is 1.12. The van der Waals surface area contributed by atoms with E-state index >= 15 is 0 Å². The number of likely N-dealkylation sites (N-methyl/N-ethyl adjacent to an activating group) is 1. The van der Waals surface area contributed by atoms with Crippen LogP contribution in [0.15, 0.2) is 18.5 Å². The van der Waals surface area contributed by atoms with Crippen LogP contribution in [0.2, 0.25) is 0 Å². The summed E-state index contributed by atoms with van der Waals surface area (Å²) in [7, 11) is 2.07. The molecule has 0 bridgehead atoms. The quantitative estimate of drug-likeness (QED) is 0.813. The van der Waals surface area contributed by atoms with Crippen molar-refractivity contribution in [2.24, 2.45) is 0 Å². The molecule has 1 aliphatic rings. The second-order valence-corrected chi connectivity index (χ2v) is 4.94. The Morgan fingerprint density at radius 3 is 2.81 bits per heavy atom. The maximum absolute atomic E-state index is 10.3. The van der Waals surface area contributed by atoms with Gasteiger partial charge in [-0.2, -0.15) is 5.10 Å². The molecule has 0 spiro atoms. The maximum Gasteiger partial charge on any atom is 0.0774 e. The van der Waals surface area contributed by atoms with Crippen molar-refractivity contribution >= 4 is 0 Å². The third-order valence-electron chi connectivity index (χ3n) is 3.37. The van der Waals surface area contributed by atoms with E-state index in [0.717, 1.165) is 32.5 Å². The lowest BCUT2D eigenvalue weighted by Gasteiger charge is -2.28. The minimum absolute atomic E-state index is 0.432. The third kappa shape index (κ3) is 3.06. The average Bonchev–Trinajstić information content (AvgIpc) is 2.86. The fourth-order valence-electron chi connectivity index (χ4n) is 2.48. The molecule has 1 N–H and O–H groups in total. The second kappa shape index (κ2) is 4.97. The van der Waals surface area contributed by atoms with Gasteiger partial charge in [-0.3, -0.25) is 4.68 Å². The summed E-state index contributed by atoms with van der Waals surface area (Å²) in [5.41, 5.74) is -0.432. The first-order valence-electron chi connectivity index (χ1n) is 6.06. The number of hydrogen-bond donors (Lipinski definition) is 1. The number of aromatic nitrogens is 2. The Hall–Kier alpha value is -0.870. The van der Waals surface area contributed by atoms with Gasteiger partial charge in [0.1, 0.15) is 0 Å². The van der Waals surface area contributed by atoms with Crippen molar-refractivity contribution in [3.8, 4) is 0 Å². The summed E-state index contributed by atoms with van der Waals surface area (Å²) in [4.78, 5) is 2.20. The van der Waals surface area contributed by atoms with Gasteiger partial charge in [-0.15, -0.1) is 0 Å². The fraction of sp³-hybridized carbons (Fsp3) is 0.750. The molecule has 1 saturated carbocycles. The van der Waals surface area contributed by atoms with E-state index in [1.165, 1.54) is 12.8 Å². The molecular weight excluding hydrogens is 202 g/mol. The number of aliphatic hydroxyl groups is 1. The standard InChI is InChI=1S/C12H21N3O/c1-14(9-10-15-8-4-7-13-15)11-12(16)5-2-3-6-12/h4,7-8,16H,2-3,5-6,9-11H2,1H3. The van der Waals surface area contributed by atoms with Gasteiger partial charge in [0, 0.05) is 25.5 Å². The SMILES string of the molecule is CN(CCn1cccn1)CC1(O)CCCC1. The van der Waals surface area contributed by atoms with Crippen LogP contribution in [0.1, 0.15) is 25.7 Å². The minimum Gasteiger partial charge on any atom is -0.389 e. The summed E-state index contributed by atoms with van der Waals surface area (Å²) in [5, 5.41) is 14.4. The summed E-state index contributed by atoms with van der Waals surface area (Å²) >= 11 is 0. The normalized spacial score (nSPS) is 19.4. The van der Waals surface area contributed by atoms with E-state index in [4.69, 9.17) is 0 Å². The molecule has 0 aromatic carbocycles. The zero-order chi connectivity index (χ0) is 11.4. The van der Waals surface area contributed by atoms with E-state index in [2.05, 4.69) is 17.0 Å². The molecule has 0 radical (unpaired) electrons. The topological polar surface area (TPSA) is 41.3 Å². The molecule has 4 nitrogen and oxygen atoms in total. The Kier molecular flexibility index (Phi) is 3.61. The molecule has 2 rings (SSSR count). The minimum atomic E-state index is -0.432. The van der Waals surface area contributed by atoms with Gasteiger partial charge in [0.05, 0.1) is 12.1 Å². The van der Waals surface area contributed by atoms with Crippen molar-refractivity contribution in [3.05, 3.63) is 18.5 Å². The largest absolute Gasteiger partial charge is 0.389 e. The van der Waals surface area contributed by atoms with Crippen LogP contribution >= 0.6 is 0 Å². The van der Waals surface area contributed by atoms with Gasteiger partial charge in [-0.1, -0.05) is 12.8 Å². The number of hydrogen-bond acceptors (Lipinski definition) is 3. The Morgan fingerprint density at radius 1 is 1.44 bits per heavy atom. The molecule has 1 aliphatic carbocycles. The van der Waals surface area contributed by atoms with E-state index in [9.17, 15) is 5.11 Å². The van der Waals surface area contributed by atoms with Crippen LogP contribution in [-0.4, -0.2) is 45.5 Å². The highest BCUT2D eigenvalue weighted by atomic mass is 16.3. The van der Waals surface area contributed by atoms with E-state index in [0.29, 0.717) is 0 Å². The molecule has 4 heteroatoms. The summed E-state index contributed by atoms with van der Waals surface area (Å²) in [6.07, 6.45) is 8.02. The lowest BCUT2D eigenvalue weighted by molar-refractivity contribution is 0.0155. The smallest absolute Gasteiger partial charge is 0.0774 e. The van der Waals surface area contributed by atoms with Gasteiger partial charge in [0.15, 0.2) is 0 Å². The summed E-state index contributed by atoms with van der Waals surface area (Å²) in [6, 6.07) is 1.94. The first-order chi connectivity index (χ1) is 7.68. The molecule has 1 fully saturated rings. The van der Waals surface area contributed by atoms with E-state index in [1.54, 1.807) is 6.20 Å². The molecule has 0 saturated heterocycles. The highest BCUT2D eigenvalue weighted by Gasteiger charge is 2.31. The van der Waals surface area contributed by atoms with E-state index < -0.39 is 5.60 Å². The van der Waals surface area contributed by atoms with E-state index in [1.807, 2.05) is 16.9 Å². The van der Waals surface area contributed by atoms with Gasteiger partial charge in [-0.25, -0.2) is 0 Å². The number of rotatable bonds is 5. The third-order valence-corrected chi connectivity index (χ3v) is 3.37. The van der Waals surface area contributed by atoms with Crippen LogP contribution in [-0.2, 0) is 6.54 Å². The van der Waals surface area contributed by atoms with Gasteiger partial charge >= 0.3 is 0 Å². The van der Waals surface area contributed by atoms with Gasteiger partial charge in [-0.05, 0) is 26.0 Å². The molecule has 0 amide bonds. The molecule has 90 valence electrons. The molecule has 1 aromatic heterocycles. The van der Waals surface area contributed by atoms with Crippen molar-refractivity contribution in [2.45, 2.75) is 37.8 Å². The van der Waals surface area contributed by atoms with Crippen molar-refractivity contribution in [2.75, 3.05) is 20.1 Å². The Labute approximate surface area is 96.9 Å². The molecule has 16 heavy (non-hydrogen) atoms.